The Hall–Kier alpha value is -1.96. The van der Waals surface area contributed by atoms with Crippen LogP contribution in [0.1, 0.15) is 50.0 Å². The molecule has 13 heteroatoms. The maximum Gasteiger partial charge on any atom is 0.291 e. The number of hydrogen-bond acceptors (Lipinski definition) is 8. The minimum Gasteiger partial charge on any atom is -0.375 e. The third-order valence-corrected chi connectivity index (χ3v) is 8.82. The molecule has 1 spiro atoms. The van der Waals surface area contributed by atoms with Gasteiger partial charge in [0.1, 0.15) is 11.4 Å². The summed E-state index contributed by atoms with van der Waals surface area (Å²) in [4.78, 5) is 7.50. The predicted octanol–water partition coefficient (Wildman–Crippen LogP) is 4.89. The Labute approximate surface area is 200 Å². The standard InChI is InChI=1S/C21H22F4N6OS2/c22-15(23)18-28-27-17(33-18)14-8-26-16-13(7-12(9-31(14)16)34-29-21(32)1-2-21)30-5-3-19(4-6-30)10-20(24,25)11-19/h7-9,15,29,32H,1-6,10-11H2. The van der Waals surface area contributed by atoms with Crippen molar-refractivity contribution in [1.29, 1.82) is 0 Å². The Bertz CT molecular complexity index is 1230. The third kappa shape index (κ3) is 4.06. The summed E-state index contributed by atoms with van der Waals surface area (Å²) in [6.45, 7) is 1.27. The molecule has 0 radical (unpaired) electrons. The molecular formula is C21H22F4N6OS2. The number of hydrogen-bond donors (Lipinski definition) is 2. The van der Waals surface area contributed by atoms with Crippen LogP contribution in [0.2, 0.25) is 0 Å². The molecule has 1 saturated heterocycles. The highest BCUT2D eigenvalue weighted by Crippen LogP contribution is 2.57. The lowest BCUT2D eigenvalue weighted by Crippen LogP contribution is -2.52. The first-order valence-electron chi connectivity index (χ1n) is 11.1. The van der Waals surface area contributed by atoms with E-state index < -0.39 is 18.1 Å². The highest BCUT2D eigenvalue weighted by atomic mass is 32.2. The molecule has 2 saturated carbocycles. The van der Waals surface area contributed by atoms with Crippen LogP contribution in [-0.2, 0) is 0 Å². The predicted molar refractivity (Wildman–Crippen MR) is 120 cm³/mol. The molecule has 0 unspecified atom stereocenters. The second-order valence-corrected chi connectivity index (χ2v) is 11.5. The third-order valence-electron chi connectivity index (χ3n) is 6.92. The Morgan fingerprint density at radius 1 is 1.12 bits per heavy atom. The normalized spacial score (nSPS) is 22.5. The zero-order chi connectivity index (χ0) is 23.7. The maximum atomic E-state index is 13.5. The zero-order valence-corrected chi connectivity index (χ0v) is 19.6. The van der Waals surface area contributed by atoms with Crippen molar-refractivity contribution in [2.75, 3.05) is 18.0 Å². The molecule has 34 heavy (non-hydrogen) atoms. The summed E-state index contributed by atoms with van der Waals surface area (Å²) < 4.78 is 58.1. The summed E-state index contributed by atoms with van der Waals surface area (Å²) in [5.41, 5.74) is 0.850. The van der Waals surface area contributed by atoms with Crippen molar-refractivity contribution in [1.82, 2.24) is 24.3 Å². The monoisotopic (exact) mass is 514 g/mol. The summed E-state index contributed by atoms with van der Waals surface area (Å²) in [6.07, 6.45) is 3.34. The second-order valence-electron chi connectivity index (χ2n) is 9.58. The number of nitrogens with one attached hydrogen (secondary N) is 1. The molecule has 4 heterocycles. The molecule has 0 amide bonds. The van der Waals surface area contributed by atoms with Gasteiger partial charge in [0.15, 0.2) is 15.7 Å². The van der Waals surface area contributed by atoms with E-state index in [9.17, 15) is 22.7 Å². The number of rotatable bonds is 6. The molecule has 6 rings (SSSR count). The van der Waals surface area contributed by atoms with Crippen LogP contribution < -0.4 is 9.62 Å². The molecule has 7 nitrogen and oxygen atoms in total. The fourth-order valence-corrected chi connectivity index (χ4v) is 6.46. The van der Waals surface area contributed by atoms with Gasteiger partial charge in [-0.2, -0.15) is 0 Å². The summed E-state index contributed by atoms with van der Waals surface area (Å²) >= 11 is 2.11. The minimum atomic E-state index is -2.70. The van der Waals surface area contributed by atoms with Gasteiger partial charge in [0, 0.05) is 37.0 Å². The zero-order valence-electron chi connectivity index (χ0n) is 18.0. The first kappa shape index (κ1) is 22.5. The van der Waals surface area contributed by atoms with Gasteiger partial charge in [0.2, 0.25) is 5.92 Å². The average molecular weight is 515 g/mol. The lowest BCUT2D eigenvalue weighted by atomic mass is 9.61. The van der Waals surface area contributed by atoms with E-state index in [1.165, 1.54) is 11.9 Å². The first-order chi connectivity index (χ1) is 16.1. The van der Waals surface area contributed by atoms with E-state index in [4.69, 9.17) is 0 Å². The van der Waals surface area contributed by atoms with Crippen LogP contribution in [0.3, 0.4) is 0 Å². The van der Waals surface area contributed by atoms with E-state index in [1.807, 2.05) is 12.3 Å². The Balaban J connectivity index is 1.34. The average Bonchev–Trinajstić information content (AvgIpc) is 3.15. The van der Waals surface area contributed by atoms with E-state index in [2.05, 4.69) is 24.8 Å². The number of aliphatic hydroxyl groups is 1. The summed E-state index contributed by atoms with van der Waals surface area (Å²) in [5, 5.41) is 17.7. The van der Waals surface area contributed by atoms with Crippen molar-refractivity contribution in [2.45, 2.75) is 61.5 Å². The van der Waals surface area contributed by atoms with Gasteiger partial charge in [-0.05, 0) is 49.1 Å². The van der Waals surface area contributed by atoms with Crippen LogP contribution in [0.15, 0.2) is 23.4 Å². The molecule has 3 fully saturated rings. The Morgan fingerprint density at radius 3 is 2.47 bits per heavy atom. The number of imidazole rings is 1. The van der Waals surface area contributed by atoms with Crippen molar-refractivity contribution in [3.63, 3.8) is 0 Å². The van der Waals surface area contributed by atoms with Crippen LogP contribution in [-0.4, -0.2) is 49.4 Å². The maximum absolute atomic E-state index is 13.5. The van der Waals surface area contributed by atoms with E-state index in [1.54, 1.807) is 10.6 Å². The number of fused-ring (bicyclic) bond motifs is 1. The van der Waals surface area contributed by atoms with E-state index in [0.717, 1.165) is 21.9 Å². The van der Waals surface area contributed by atoms with Gasteiger partial charge >= 0.3 is 0 Å². The van der Waals surface area contributed by atoms with Crippen LogP contribution in [0, 0.1) is 5.41 Å². The topological polar surface area (TPSA) is 78.6 Å². The molecule has 182 valence electrons. The molecule has 3 aromatic rings. The van der Waals surface area contributed by atoms with Gasteiger partial charge in [-0.3, -0.25) is 4.40 Å². The highest BCUT2D eigenvalue weighted by Gasteiger charge is 2.56. The van der Waals surface area contributed by atoms with Crippen LogP contribution in [0.4, 0.5) is 23.2 Å². The molecule has 2 N–H and O–H groups in total. The SMILES string of the molecule is OC1(NSc2cc(N3CCC4(CC3)CC(F)(F)C4)c3ncc(-c4nnc(C(F)F)s4)n3c2)CC1. The molecule has 2 aliphatic carbocycles. The van der Waals surface area contributed by atoms with Gasteiger partial charge in [0.05, 0.1) is 11.9 Å². The largest absolute Gasteiger partial charge is 0.375 e. The molecule has 1 aliphatic heterocycles. The number of aromatic nitrogens is 4. The van der Waals surface area contributed by atoms with Crippen LogP contribution in [0.25, 0.3) is 16.3 Å². The van der Waals surface area contributed by atoms with E-state index >= 15 is 0 Å². The van der Waals surface area contributed by atoms with Crippen LogP contribution >= 0.6 is 23.3 Å². The number of pyridine rings is 1. The number of alkyl halides is 4. The highest BCUT2D eigenvalue weighted by molar-refractivity contribution is 7.97. The number of piperidine rings is 1. The molecule has 3 aromatic heterocycles. The number of anilines is 1. The smallest absolute Gasteiger partial charge is 0.291 e. The number of nitrogens with zero attached hydrogens (tertiary/aromatic N) is 5. The quantitative estimate of drug-likeness (QED) is 0.276. The first-order valence-corrected chi connectivity index (χ1v) is 12.7. The lowest BCUT2D eigenvalue weighted by Gasteiger charge is -2.52. The molecule has 3 aliphatic rings. The fraction of sp³-hybridized carbons (Fsp3) is 0.571. The second kappa shape index (κ2) is 7.77. The molecule has 0 atom stereocenters. The van der Waals surface area contributed by atoms with Crippen molar-refractivity contribution < 1.29 is 22.7 Å². The van der Waals surface area contributed by atoms with Gasteiger partial charge in [-0.1, -0.05) is 11.3 Å². The van der Waals surface area contributed by atoms with Gasteiger partial charge in [-0.25, -0.2) is 27.3 Å². The van der Waals surface area contributed by atoms with Crippen molar-refractivity contribution in [3.8, 4) is 10.7 Å². The molecule has 0 bridgehead atoms. The minimum absolute atomic E-state index is 0.0430. The van der Waals surface area contributed by atoms with Gasteiger partial charge < -0.3 is 10.0 Å². The van der Waals surface area contributed by atoms with Gasteiger partial charge in [-0.15, -0.1) is 10.2 Å². The van der Waals surface area contributed by atoms with Gasteiger partial charge in [0.25, 0.3) is 6.43 Å². The Kier molecular flexibility index (Phi) is 5.14. The molecule has 0 aromatic carbocycles. The van der Waals surface area contributed by atoms with Crippen molar-refractivity contribution >= 4 is 34.6 Å². The summed E-state index contributed by atoms with van der Waals surface area (Å²) in [5.74, 6) is -2.54. The Morgan fingerprint density at radius 2 is 1.85 bits per heavy atom. The van der Waals surface area contributed by atoms with Crippen molar-refractivity contribution in [3.05, 3.63) is 23.5 Å². The molecular weight excluding hydrogens is 492 g/mol. The summed E-state index contributed by atoms with van der Waals surface area (Å²) in [7, 11) is 0. The van der Waals surface area contributed by atoms with Crippen molar-refractivity contribution in [2.24, 2.45) is 5.41 Å². The summed E-state index contributed by atoms with van der Waals surface area (Å²) in [6, 6.07) is 1.97. The van der Waals surface area contributed by atoms with Crippen LogP contribution in [0.5, 0.6) is 0 Å². The fourth-order valence-electron chi connectivity index (χ4n) is 4.91. The van der Waals surface area contributed by atoms with E-state index in [-0.39, 0.29) is 23.3 Å². The lowest BCUT2D eigenvalue weighted by molar-refractivity contribution is -0.168. The van der Waals surface area contributed by atoms with E-state index in [0.29, 0.717) is 55.1 Å². The number of halogens is 4.